The van der Waals surface area contributed by atoms with E-state index in [1.807, 2.05) is 0 Å². The minimum absolute atomic E-state index is 0.0922. The molecule has 0 bridgehead atoms. The quantitative estimate of drug-likeness (QED) is 0.844. The SMILES string of the molecule is O=C(O)c1c(Cl)ccc(C2CCCCC2)c1O. The summed E-state index contributed by atoms with van der Waals surface area (Å²) in [6, 6.07) is 3.31. The Hall–Kier alpha value is -1.22. The maximum atomic E-state index is 11.0. The Morgan fingerprint density at radius 2 is 1.88 bits per heavy atom. The monoisotopic (exact) mass is 254 g/mol. The van der Waals surface area contributed by atoms with Crippen LogP contribution in [-0.4, -0.2) is 16.2 Å². The van der Waals surface area contributed by atoms with Gasteiger partial charge in [0.15, 0.2) is 0 Å². The fourth-order valence-electron chi connectivity index (χ4n) is 2.53. The zero-order valence-electron chi connectivity index (χ0n) is 9.45. The fraction of sp³-hybridized carbons (Fsp3) is 0.462. The molecule has 3 nitrogen and oxygen atoms in total. The first-order chi connectivity index (χ1) is 8.11. The van der Waals surface area contributed by atoms with Crippen LogP contribution in [0.3, 0.4) is 0 Å². The molecule has 4 heteroatoms. The Bertz CT molecular complexity index is 437. The van der Waals surface area contributed by atoms with E-state index in [2.05, 4.69) is 0 Å². The predicted molar refractivity (Wildman–Crippen MR) is 65.9 cm³/mol. The highest BCUT2D eigenvalue weighted by Crippen LogP contribution is 2.40. The summed E-state index contributed by atoms with van der Waals surface area (Å²) in [6.07, 6.45) is 5.50. The van der Waals surface area contributed by atoms with Crippen molar-refractivity contribution in [1.82, 2.24) is 0 Å². The van der Waals surface area contributed by atoms with Gasteiger partial charge in [-0.05, 0) is 30.4 Å². The minimum Gasteiger partial charge on any atom is -0.507 e. The molecule has 0 unspecified atom stereocenters. The number of carbonyl (C=O) groups is 1. The number of aromatic hydroxyl groups is 1. The molecule has 17 heavy (non-hydrogen) atoms. The zero-order chi connectivity index (χ0) is 12.4. The first-order valence-electron chi connectivity index (χ1n) is 5.86. The lowest BCUT2D eigenvalue weighted by Gasteiger charge is -2.23. The van der Waals surface area contributed by atoms with E-state index >= 15 is 0 Å². The van der Waals surface area contributed by atoms with Crippen molar-refractivity contribution in [2.75, 3.05) is 0 Å². The van der Waals surface area contributed by atoms with Gasteiger partial charge in [0.05, 0.1) is 5.02 Å². The smallest absolute Gasteiger partial charge is 0.341 e. The van der Waals surface area contributed by atoms with Crippen LogP contribution in [-0.2, 0) is 0 Å². The average Bonchev–Trinajstić information content (AvgIpc) is 2.30. The van der Waals surface area contributed by atoms with Crippen LogP contribution in [0.1, 0.15) is 53.9 Å². The molecule has 0 saturated heterocycles. The van der Waals surface area contributed by atoms with Crippen LogP contribution in [0.4, 0.5) is 0 Å². The topological polar surface area (TPSA) is 57.5 Å². The molecule has 1 aliphatic carbocycles. The molecule has 92 valence electrons. The molecule has 1 fully saturated rings. The summed E-state index contributed by atoms with van der Waals surface area (Å²) >= 11 is 5.79. The van der Waals surface area contributed by atoms with Gasteiger partial charge in [0.25, 0.3) is 0 Å². The van der Waals surface area contributed by atoms with Gasteiger partial charge >= 0.3 is 5.97 Å². The molecule has 1 aromatic carbocycles. The van der Waals surface area contributed by atoms with E-state index in [1.54, 1.807) is 12.1 Å². The molecule has 1 aliphatic rings. The Kier molecular flexibility index (Phi) is 3.57. The minimum atomic E-state index is -1.18. The number of hydrogen-bond acceptors (Lipinski definition) is 2. The van der Waals surface area contributed by atoms with Crippen molar-refractivity contribution in [2.45, 2.75) is 38.0 Å². The third-order valence-corrected chi connectivity index (χ3v) is 3.73. The van der Waals surface area contributed by atoms with E-state index in [9.17, 15) is 9.90 Å². The third kappa shape index (κ3) is 2.39. The van der Waals surface area contributed by atoms with Crippen LogP contribution in [0.15, 0.2) is 12.1 Å². The molecule has 0 aliphatic heterocycles. The number of rotatable bonds is 2. The van der Waals surface area contributed by atoms with Gasteiger partial charge < -0.3 is 10.2 Å². The molecule has 0 radical (unpaired) electrons. The lowest BCUT2D eigenvalue weighted by Crippen LogP contribution is -2.07. The van der Waals surface area contributed by atoms with Gasteiger partial charge in [-0.3, -0.25) is 0 Å². The number of benzene rings is 1. The van der Waals surface area contributed by atoms with Crippen molar-refractivity contribution in [3.05, 3.63) is 28.3 Å². The van der Waals surface area contributed by atoms with Crippen LogP contribution in [0.2, 0.25) is 5.02 Å². The molecule has 0 aromatic heterocycles. The average molecular weight is 255 g/mol. The zero-order valence-corrected chi connectivity index (χ0v) is 10.2. The largest absolute Gasteiger partial charge is 0.507 e. The second kappa shape index (κ2) is 4.96. The molecule has 0 heterocycles. The van der Waals surface area contributed by atoms with Crippen LogP contribution < -0.4 is 0 Å². The summed E-state index contributed by atoms with van der Waals surface area (Å²) in [6.45, 7) is 0. The van der Waals surface area contributed by atoms with E-state index in [-0.39, 0.29) is 22.3 Å². The Balaban J connectivity index is 2.41. The molecule has 2 rings (SSSR count). The van der Waals surface area contributed by atoms with Crippen LogP contribution in [0, 0.1) is 0 Å². The van der Waals surface area contributed by atoms with Gasteiger partial charge in [0.1, 0.15) is 11.3 Å². The second-order valence-electron chi connectivity index (χ2n) is 4.50. The van der Waals surface area contributed by atoms with Gasteiger partial charge in [-0.1, -0.05) is 36.9 Å². The lowest BCUT2D eigenvalue weighted by molar-refractivity contribution is 0.0693. The van der Waals surface area contributed by atoms with Gasteiger partial charge in [-0.25, -0.2) is 4.79 Å². The van der Waals surface area contributed by atoms with Crippen molar-refractivity contribution < 1.29 is 15.0 Å². The predicted octanol–water partition coefficient (Wildman–Crippen LogP) is 3.79. The van der Waals surface area contributed by atoms with Crippen molar-refractivity contribution in [2.24, 2.45) is 0 Å². The molecule has 1 aromatic rings. The van der Waals surface area contributed by atoms with Crippen LogP contribution >= 0.6 is 11.6 Å². The number of carboxylic acid groups (broad SMARTS) is 1. The normalized spacial score (nSPS) is 17.0. The van der Waals surface area contributed by atoms with Gasteiger partial charge in [0, 0.05) is 0 Å². The van der Waals surface area contributed by atoms with Crippen LogP contribution in [0.25, 0.3) is 0 Å². The molecular formula is C13H15ClO3. The highest BCUT2D eigenvalue weighted by Gasteiger charge is 2.23. The van der Waals surface area contributed by atoms with Crippen molar-refractivity contribution in [1.29, 1.82) is 0 Å². The van der Waals surface area contributed by atoms with E-state index < -0.39 is 5.97 Å². The molecule has 0 spiro atoms. The Morgan fingerprint density at radius 3 is 2.47 bits per heavy atom. The summed E-state index contributed by atoms with van der Waals surface area (Å²) in [5.41, 5.74) is 0.557. The molecule has 2 N–H and O–H groups in total. The summed E-state index contributed by atoms with van der Waals surface area (Å²) < 4.78 is 0. The Morgan fingerprint density at radius 1 is 1.24 bits per heavy atom. The molecule has 1 saturated carbocycles. The number of carboxylic acids is 1. The lowest BCUT2D eigenvalue weighted by atomic mass is 9.83. The maximum absolute atomic E-state index is 11.0. The highest BCUT2D eigenvalue weighted by atomic mass is 35.5. The number of hydrogen-bond donors (Lipinski definition) is 2. The van der Waals surface area contributed by atoms with Gasteiger partial charge in [-0.2, -0.15) is 0 Å². The summed E-state index contributed by atoms with van der Waals surface area (Å²) in [5, 5.41) is 19.1. The van der Waals surface area contributed by atoms with E-state index in [4.69, 9.17) is 16.7 Å². The van der Waals surface area contributed by atoms with Gasteiger partial charge in [0.2, 0.25) is 0 Å². The van der Waals surface area contributed by atoms with E-state index in [1.165, 1.54) is 6.42 Å². The van der Waals surface area contributed by atoms with Crippen molar-refractivity contribution in [3.63, 3.8) is 0 Å². The fourth-order valence-corrected chi connectivity index (χ4v) is 2.76. The summed E-state index contributed by atoms with van der Waals surface area (Å²) in [5.74, 6) is -1.07. The van der Waals surface area contributed by atoms with Crippen molar-refractivity contribution in [3.8, 4) is 5.75 Å². The summed E-state index contributed by atoms with van der Waals surface area (Å²) in [7, 11) is 0. The third-order valence-electron chi connectivity index (χ3n) is 3.42. The van der Waals surface area contributed by atoms with Crippen LogP contribution in [0.5, 0.6) is 5.75 Å². The maximum Gasteiger partial charge on any atom is 0.341 e. The Labute approximate surface area is 105 Å². The molecular weight excluding hydrogens is 240 g/mol. The number of phenols is 1. The van der Waals surface area contributed by atoms with E-state index in [0.717, 1.165) is 31.2 Å². The molecule has 0 amide bonds. The van der Waals surface area contributed by atoms with Gasteiger partial charge in [-0.15, -0.1) is 0 Å². The summed E-state index contributed by atoms with van der Waals surface area (Å²) in [4.78, 5) is 11.0. The molecule has 0 atom stereocenters. The highest BCUT2D eigenvalue weighted by molar-refractivity contribution is 6.33. The van der Waals surface area contributed by atoms with E-state index in [0.29, 0.717) is 0 Å². The first kappa shape index (κ1) is 12.2. The first-order valence-corrected chi connectivity index (χ1v) is 6.23. The number of aromatic carboxylic acids is 1. The van der Waals surface area contributed by atoms with Crippen molar-refractivity contribution >= 4 is 17.6 Å². The second-order valence-corrected chi connectivity index (χ2v) is 4.91. The number of halogens is 1. The standard InChI is InChI=1S/C13H15ClO3/c14-10-7-6-9(8-4-2-1-3-5-8)12(15)11(10)13(16)17/h6-8,15H,1-5H2,(H,16,17).